The molecule has 2 bridgehead atoms. The van der Waals surface area contributed by atoms with Crippen LogP contribution in [-0.4, -0.2) is 63.3 Å². The number of fused-ring (bicyclic) bond motifs is 2. The van der Waals surface area contributed by atoms with E-state index in [-0.39, 0.29) is 78.3 Å². The fourth-order valence-electron chi connectivity index (χ4n) is 6.19. The standard InChI is InChI=1S/C26H28F4N6O3/c1-39-22-10-18(19(27)12-32-22)20-11-21(35-34-20)24(38)36-16-2-3-17(36)9-14(8-16)23(37)33-15-4-6-25(13-31,7-5-15)26(28,29)30/h10-12,14-17H,2-9H2,1H3,(H,33,37)(H,34,35)/t14?,15?,16-,17+,25?. The first kappa shape index (κ1) is 26.9. The number of alkyl halides is 3. The highest BCUT2D eigenvalue weighted by Crippen LogP contribution is 2.48. The molecule has 1 unspecified atom stereocenters. The van der Waals surface area contributed by atoms with E-state index in [4.69, 9.17) is 10.00 Å². The zero-order valence-electron chi connectivity index (χ0n) is 21.2. The van der Waals surface area contributed by atoms with E-state index in [1.807, 2.05) is 0 Å². The van der Waals surface area contributed by atoms with Gasteiger partial charge in [0.25, 0.3) is 5.91 Å². The van der Waals surface area contributed by atoms with E-state index >= 15 is 0 Å². The first-order valence-corrected chi connectivity index (χ1v) is 12.9. The van der Waals surface area contributed by atoms with Crippen molar-refractivity contribution in [3.63, 3.8) is 0 Å². The SMILES string of the molecule is COc1cc(-c2cc(C(=O)N3[C@@H]4CC[C@H]3CC(C(=O)NC3CCC(C#N)(C(F)(F)F)CC3)C4)[nH]n2)c(F)cn1. The van der Waals surface area contributed by atoms with E-state index in [9.17, 15) is 27.2 Å². The summed E-state index contributed by atoms with van der Waals surface area (Å²) < 4.78 is 59.4. The van der Waals surface area contributed by atoms with Gasteiger partial charge in [-0.25, -0.2) is 9.37 Å². The van der Waals surface area contributed by atoms with Gasteiger partial charge >= 0.3 is 6.18 Å². The van der Waals surface area contributed by atoms with Gasteiger partial charge in [0.15, 0.2) is 11.2 Å². The average molecular weight is 549 g/mol. The summed E-state index contributed by atoms with van der Waals surface area (Å²) in [7, 11) is 1.41. The number of aromatic nitrogens is 3. The van der Waals surface area contributed by atoms with Gasteiger partial charge in [-0.15, -0.1) is 0 Å². The topological polar surface area (TPSA) is 124 Å². The molecule has 0 radical (unpaired) electrons. The lowest BCUT2D eigenvalue weighted by molar-refractivity contribution is -0.212. The van der Waals surface area contributed by atoms with Crippen LogP contribution in [0.5, 0.6) is 5.88 Å². The maximum Gasteiger partial charge on any atom is 0.407 e. The number of aromatic amines is 1. The molecule has 1 saturated carbocycles. The molecule has 4 heterocycles. The van der Waals surface area contributed by atoms with Crippen molar-refractivity contribution in [1.82, 2.24) is 25.4 Å². The number of pyridine rings is 1. The first-order chi connectivity index (χ1) is 18.5. The molecule has 2 amide bonds. The van der Waals surface area contributed by atoms with Crippen molar-refractivity contribution < 1.29 is 31.9 Å². The van der Waals surface area contributed by atoms with Gasteiger partial charge < -0.3 is 15.0 Å². The Labute approximate surface area is 221 Å². The summed E-state index contributed by atoms with van der Waals surface area (Å²) in [6.07, 6.45) is -1.70. The fourth-order valence-corrected chi connectivity index (χ4v) is 6.19. The number of nitriles is 1. The molecule has 2 aromatic rings. The van der Waals surface area contributed by atoms with Crippen LogP contribution in [0.3, 0.4) is 0 Å². The Kier molecular flexibility index (Phi) is 6.99. The van der Waals surface area contributed by atoms with E-state index in [2.05, 4.69) is 20.5 Å². The van der Waals surface area contributed by atoms with E-state index in [1.165, 1.54) is 25.3 Å². The number of methoxy groups -OCH3 is 1. The Morgan fingerprint density at radius 3 is 2.44 bits per heavy atom. The molecule has 3 aliphatic rings. The van der Waals surface area contributed by atoms with Crippen molar-refractivity contribution in [2.75, 3.05) is 7.11 Å². The van der Waals surface area contributed by atoms with Gasteiger partial charge in [0.1, 0.15) is 5.69 Å². The van der Waals surface area contributed by atoms with Crippen LogP contribution in [0, 0.1) is 28.5 Å². The van der Waals surface area contributed by atoms with Crippen LogP contribution in [0.25, 0.3) is 11.3 Å². The van der Waals surface area contributed by atoms with Gasteiger partial charge in [0, 0.05) is 35.7 Å². The van der Waals surface area contributed by atoms with Crippen molar-refractivity contribution >= 4 is 11.8 Å². The Hall–Kier alpha value is -3.69. The zero-order chi connectivity index (χ0) is 27.9. The Balaban J connectivity index is 1.21. The predicted octanol–water partition coefficient (Wildman–Crippen LogP) is 4.13. The molecule has 2 aliphatic heterocycles. The summed E-state index contributed by atoms with van der Waals surface area (Å²) in [6, 6.07) is 3.58. The number of halogens is 4. The fraction of sp³-hybridized carbons (Fsp3) is 0.577. The lowest BCUT2D eigenvalue weighted by Gasteiger charge is -2.40. The van der Waals surface area contributed by atoms with Crippen LogP contribution >= 0.6 is 0 Å². The molecule has 3 fully saturated rings. The highest BCUT2D eigenvalue weighted by molar-refractivity contribution is 5.94. The summed E-state index contributed by atoms with van der Waals surface area (Å²) in [5.41, 5.74) is -1.77. The molecule has 13 heteroatoms. The van der Waals surface area contributed by atoms with Gasteiger partial charge in [-0.3, -0.25) is 14.7 Å². The molecule has 208 valence electrons. The second-order valence-corrected chi connectivity index (χ2v) is 10.6. The van der Waals surface area contributed by atoms with Crippen LogP contribution in [0.15, 0.2) is 18.3 Å². The maximum atomic E-state index is 14.3. The molecule has 39 heavy (non-hydrogen) atoms. The largest absolute Gasteiger partial charge is 0.481 e. The number of amides is 2. The third-order valence-electron chi connectivity index (χ3n) is 8.40. The van der Waals surface area contributed by atoms with Crippen molar-refractivity contribution in [2.24, 2.45) is 11.3 Å². The molecule has 2 N–H and O–H groups in total. The Bertz CT molecular complexity index is 1280. The summed E-state index contributed by atoms with van der Waals surface area (Å²) in [6.45, 7) is 0. The van der Waals surface area contributed by atoms with Crippen molar-refractivity contribution in [2.45, 2.75) is 75.7 Å². The summed E-state index contributed by atoms with van der Waals surface area (Å²) in [4.78, 5) is 32.0. The zero-order valence-corrected chi connectivity index (χ0v) is 21.2. The minimum atomic E-state index is -4.59. The smallest absolute Gasteiger partial charge is 0.407 e. The van der Waals surface area contributed by atoms with Crippen molar-refractivity contribution in [3.8, 4) is 23.2 Å². The molecular formula is C26H28F4N6O3. The first-order valence-electron chi connectivity index (χ1n) is 12.9. The number of carbonyl (C=O) groups is 2. The molecule has 1 aliphatic carbocycles. The van der Waals surface area contributed by atoms with E-state index in [0.29, 0.717) is 12.8 Å². The number of rotatable bonds is 5. The van der Waals surface area contributed by atoms with E-state index in [1.54, 1.807) is 4.90 Å². The molecule has 5 rings (SSSR count). The van der Waals surface area contributed by atoms with Crippen molar-refractivity contribution in [1.29, 1.82) is 5.26 Å². The Morgan fingerprint density at radius 2 is 1.85 bits per heavy atom. The van der Waals surface area contributed by atoms with Crippen LogP contribution in [0.2, 0.25) is 0 Å². The number of hydrogen-bond donors (Lipinski definition) is 2. The lowest BCUT2D eigenvalue weighted by Crippen LogP contribution is -2.51. The van der Waals surface area contributed by atoms with Gasteiger partial charge in [-0.2, -0.15) is 23.5 Å². The van der Waals surface area contributed by atoms with E-state index < -0.39 is 23.5 Å². The highest BCUT2D eigenvalue weighted by Gasteiger charge is 2.56. The number of carbonyl (C=O) groups excluding carboxylic acids is 2. The predicted molar refractivity (Wildman–Crippen MR) is 129 cm³/mol. The number of ether oxygens (including phenoxy) is 1. The summed E-state index contributed by atoms with van der Waals surface area (Å²) >= 11 is 0. The number of piperidine rings is 1. The minimum Gasteiger partial charge on any atom is -0.481 e. The Morgan fingerprint density at radius 1 is 1.18 bits per heavy atom. The second kappa shape index (κ2) is 10.1. The average Bonchev–Trinajstić information content (AvgIpc) is 3.50. The second-order valence-electron chi connectivity index (χ2n) is 10.6. The summed E-state index contributed by atoms with van der Waals surface area (Å²) in [5.74, 6) is -1.26. The van der Waals surface area contributed by atoms with Gasteiger partial charge in [0.05, 0.1) is 25.1 Å². The lowest BCUT2D eigenvalue weighted by atomic mass is 9.73. The van der Waals surface area contributed by atoms with E-state index in [0.717, 1.165) is 19.0 Å². The third-order valence-corrected chi connectivity index (χ3v) is 8.40. The van der Waals surface area contributed by atoms with Crippen LogP contribution < -0.4 is 10.1 Å². The number of hydrogen-bond acceptors (Lipinski definition) is 6. The molecule has 9 nitrogen and oxygen atoms in total. The van der Waals surface area contributed by atoms with Crippen LogP contribution in [0.4, 0.5) is 17.6 Å². The number of H-pyrrole nitrogens is 1. The molecular weight excluding hydrogens is 520 g/mol. The van der Waals surface area contributed by atoms with Gasteiger partial charge in [-0.1, -0.05) is 0 Å². The van der Waals surface area contributed by atoms with Crippen LogP contribution in [0.1, 0.15) is 61.9 Å². The van der Waals surface area contributed by atoms with Gasteiger partial charge in [0.2, 0.25) is 11.8 Å². The molecule has 3 atom stereocenters. The highest BCUT2D eigenvalue weighted by atomic mass is 19.4. The number of nitrogens with one attached hydrogen (secondary N) is 2. The number of nitrogens with zero attached hydrogens (tertiary/aromatic N) is 4. The van der Waals surface area contributed by atoms with Gasteiger partial charge in [-0.05, 0) is 57.4 Å². The summed E-state index contributed by atoms with van der Waals surface area (Å²) in [5, 5.41) is 18.8. The molecule has 0 spiro atoms. The third kappa shape index (κ3) is 4.92. The van der Waals surface area contributed by atoms with Crippen molar-refractivity contribution in [3.05, 3.63) is 29.8 Å². The van der Waals surface area contributed by atoms with Crippen LogP contribution in [-0.2, 0) is 4.79 Å². The molecule has 2 saturated heterocycles. The minimum absolute atomic E-state index is 0.0924. The molecule has 0 aromatic carbocycles. The normalized spacial score (nSPS) is 28.6. The molecule has 2 aromatic heterocycles. The quantitative estimate of drug-likeness (QED) is 0.542. The maximum absolute atomic E-state index is 14.3. The monoisotopic (exact) mass is 548 g/mol.